The van der Waals surface area contributed by atoms with E-state index in [0.29, 0.717) is 26.9 Å². The molecule has 3 rings (SSSR count). The van der Waals surface area contributed by atoms with Gasteiger partial charge in [-0.05, 0) is 48.6 Å². The summed E-state index contributed by atoms with van der Waals surface area (Å²) >= 11 is 5.25. The zero-order chi connectivity index (χ0) is 14.1. The van der Waals surface area contributed by atoms with E-state index in [1.54, 1.807) is 30.3 Å². The predicted octanol–water partition coefficient (Wildman–Crippen LogP) is 2.92. The Hall–Kier alpha value is -2.71. The van der Waals surface area contributed by atoms with E-state index in [1.807, 2.05) is 24.3 Å². The van der Waals surface area contributed by atoms with E-state index < -0.39 is 0 Å². The Morgan fingerprint density at radius 3 is 2.50 bits per heavy atom. The Bertz CT molecular complexity index is 946. The van der Waals surface area contributed by atoms with E-state index in [0.717, 1.165) is 0 Å². The fraction of sp³-hybridized carbons (Fsp3) is 0. The van der Waals surface area contributed by atoms with E-state index in [-0.39, 0.29) is 5.56 Å². The molecular weight excluding hydrogens is 270 g/mol. The van der Waals surface area contributed by atoms with Gasteiger partial charge < -0.3 is 4.98 Å². The average molecular weight is 279 g/mol. The third-order valence-corrected chi connectivity index (χ3v) is 3.34. The number of para-hydroxylation sites is 1. The van der Waals surface area contributed by atoms with Crippen LogP contribution in [0.4, 0.5) is 0 Å². The summed E-state index contributed by atoms with van der Waals surface area (Å²) in [5, 5.41) is 9.38. The number of nitrogens with one attached hydrogen (secondary N) is 1. The summed E-state index contributed by atoms with van der Waals surface area (Å²) in [6, 6.07) is 16.0. The van der Waals surface area contributed by atoms with Crippen molar-refractivity contribution in [2.45, 2.75) is 0 Å². The van der Waals surface area contributed by atoms with Crippen LogP contribution in [0.25, 0.3) is 16.6 Å². The molecule has 0 unspecified atom stereocenters. The molecular formula is C15H9N3OS. The van der Waals surface area contributed by atoms with Crippen molar-refractivity contribution in [2.75, 3.05) is 0 Å². The first-order chi connectivity index (χ1) is 9.70. The van der Waals surface area contributed by atoms with E-state index in [2.05, 4.69) is 4.98 Å². The second kappa shape index (κ2) is 4.76. The van der Waals surface area contributed by atoms with Crippen molar-refractivity contribution >= 4 is 23.1 Å². The number of rotatable bonds is 1. The topological polar surface area (TPSA) is 61.6 Å². The summed E-state index contributed by atoms with van der Waals surface area (Å²) in [4.78, 5) is 15.6. The van der Waals surface area contributed by atoms with E-state index in [9.17, 15) is 4.79 Å². The Kier molecular flexibility index (Phi) is 2.93. The molecule has 20 heavy (non-hydrogen) atoms. The third-order valence-electron chi connectivity index (χ3n) is 3.06. The largest absolute Gasteiger partial charge is 0.331 e. The van der Waals surface area contributed by atoms with Gasteiger partial charge in [-0.1, -0.05) is 12.1 Å². The van der Waals surface area contributed by atoms with Crippen molar-refractivity contribution in [3.63, 3.8) is 0 Å². The molecule has 2 aromatic carbocycles. The second-order valence-corrected chi connectivity index (χ2v) is 4.66. The normalized spacial score (nSPS) is 10.3. The highest BCUT2D eigenvalue weighted by Crippen LogP contribution is 2.11. The minimum Gasteiger partial charge on any atom is -0.331 e. The third kappa shape index (κ3) is 1.92. The molecule has 1 aromatic heterocycles. The molecule has 0 saturated heterocycles. The number of aromatic nitrogens is 2. The number of fused-ring (bicyclic) bond motifs is 1. The van der Waals surface area contributed by atoms with Crippen molar-refractivity contribution < 1.29 is 0 Å². The van der Waals surface area contributed by atoms with Gasteiger partial charge in [0.15, 0.2) is 4.77 Å². The zero-order valence-corrected chi connectivity index (χ0v) is 11.1. The molecule has 1 heterocycles. The summed E-state index contributed by atoms with van der Waals surface area (Å²) in [5.74, 6) is 0. The monoisotopic (exact) mass is 279 g/mol. The molecule has 0 aliphatic heterocycles. The molecule has 0 fully saturated rings. The highest BCUT2D eigenvalue weighted by molar-refractivity contribution is 7.71. The van der Waals surface area contributed by atoms with Crippen LogP contribution in [0.5, 0.6) is 0 Å². The molecule has 4 nitrogen and oxygen atoms in total. The van der Waals surface area contributed by atoms with Gasteiger partial charge in [0.2, 0.25) is 0 Å². The van der Waals surface area contributed by atoms with Crippen LogP contribution in [-0.2, 0) is 0 Å². The smallest absolute Gasteiger partial charge is 0.266 e. The maximum absolute atomic E-state index is 12.5. The van der Waals surface area contributed by atoms with Gasteiger partial charge in [0.25, 0.3) is 5.56 Å². The van der Waals surface area contributed by atoms with Crippen LogP contribution in [0.1, 0.15) is 5.56 Å². The fourth-order valence-electron chi connectivity index (χ4n) is 2.08. The zero-order valence-electron chi connectivity index (χ0n) is 10.3. The second-order valence-electron chi connectivity index (χ2n) is 4.27. The van der Waals surface area contributed by atoms with Crippen molar-refractivity contribution in [3.8, 4) is 11.8 Å². The molecule has 0 spiro atoms. The first kappa shape index (κ1) is 12.3. The van der Waals surface area contributed by atoms with Crippen molar-refractivity contribution in [2.24, 2.45) is 0 Å². The molecule has 5 heteroatoms. The number of aromatic amines is 1. The van der Waals surface area contributed by atoms with Gasteiger partial charge in [0.05, 0.1) is 28.2 Å². The van der Waals surface area contributed by atoms with Crippen LogP contribution in [0.3, 0.4) is 0 Å². The molecule has 0 atom stereocenters. The molecule has 0 aliphatic rings. The molecule has 0 radical (unpaired) electrons. The lowest BCUT2D eigenvalue weighted by Crippen LogP contribution is -2.20. The van der Waals surface area contributed by atoms with Crippen LogP contribution in [0.15, 0.2) is 53.3 Å². The number of H-pyrrole nitrogens is 1. The van der Waals surface area contributed by atoms with Crippen LogP contribution in [0.2, 0.25) is 0 Å². The maximum Gasteiger partial charge on any atom is 0.266 e. The van der Waals surface area contributed by atoms with Crippen LogP contribution >= 0.6 is 12.2 Å². The Labute approximate surface area is 119 Å². The van der Waals surface area contributed by atoms with E-state index in [1.165, 1.54) is 4.57 Å². The van der Waals surface area contributed by atoms with Gasteiger partial charge in [-0.15, -0.1) is 0 Å². The van der Waals surface area contributed by atoms with Crippen molar-refractivity contribution in [3.05, 3.63) is 69.2 Å². The van der Waals surface area contributed by atoms with Gasteiger partial charge in [-0.3, -0.25) is 9.36 Å². The number of benzene rings is 2. The lowest BCUT2D eigenvalue weighted by molar-refractivity contribution is 0.940. The highest BCUT2D eigenvalue weighted by Gasteiger charge is 2.06. The molecule has 96 valence electrons. The molecule has 0 saturated carbocycles. The minimum absolute atomic E-state index is 0.172. The van der Waals surface area contributed by atoms with Gasteiger partial charge in [0, 0.05) is 0 Å². The number of nitriles is 1. The van der Waals surface area contributed by atoms with E-state index >= 15 is 0 Å². The van der Waals surface area contributed by atoms with Gasteiger partial charge in [-0.2, -0.15) is 5.26 Å². The maximum atomic E-state index is 12.5. The first-order valence-electron chi connectivity index (χ1n) is 5.95. The first-order valence-corrected chi connectivity index (χ1v) is 6.36. The summed E-state index contributed by atoms with van der Waals surface area (Å²) in [5.41, 5.74) is 1.72. The SMILES string of the molecule is N#Cc1ccc(-n2c(=S)[nH]c3ccccc3c2=O)cc1. The highest BCUT2D eigenvalue weighted by atomic mass is 32.1. The summed E-state index contributed by atoms with van der Waals surface area (Å²) in [7, 11) is 0. The summed E-state index contributed by atoms with van der Waals surface area (Å²) in [6.07, 6.45) is 0. The van der Waals surface area contributed by atoms with Crippen LogP contribution in [0, 0.1) is 16.1 Å². The average Bonchev–Trinajstić information content (AvgIpc) is 2.48. The number of hydrogen-bond donors (Lipinski definition) is 1. The molecule has 0 aliphatic carbocycles. The Morgan fingerprint density at radius 1 is 1.10 bits per heavy atom. The summed E-state index contributed by atoms with van der Waals surface area (Å²) < 4.78 is 1.76. The van der Waals surface area contributed by atoms with Gasteiger partial charge >= 0.3 is 0 Å². The summed E-state index contributed by atoms with van der Waals surface area (Å²) in [6.45, 7) is 0. The van der Waals surface area contributed by atoms with Crippen molar-refractivity contribution in [1.82, 2.24) is 9.55 Å². The lowest BCUT2D eigenvalue weighted by Gasteiger charge is -2.07. The van der Waals surface area contributed by atoms with Crippen LogP contribution in [-0.4, -0.2) is 9.55 Å². The fourth-order valence-corrected chi connectivity index (χ4v) is 2.38. The standard InChI is InChI=1S/C15H9N3OS/c16-9-10-5-7-11(8-6-10)18-14(19)12-3-1-2-4-13(12)17-15(18)20/h1-8H,(H,17,20). The molecule has 1 N–H and O–H groups in total. The minimum atomic E-state index is -0.172. The number of nitrogens with zero attached hydrogens (tertiary/aromatic N) is 2. The lowest BCUT2D eigenvalue weighted by atomic mass is 10.2. The van der Waals surface area contributed by atoms with Gasteiger partial charge in [-0.25, -0.2) is 0 Å². The Morgan fingerprint density at radius 2 is 1.80 bits per heavy atom. The van der Waals surface area contributed by atoms with Crippen molar-refractivity contribution in [1.29, 1.82) is 5.26 Å². The van der Waals surface area contributed by atoms with Gasteiger partial charge in [0.1, 0.15) is 0 Å². The molecule has 3 aromatic rings. The quantitative estimate of drug-likeness (QED) is 0.697. The molecule has 0 bridgehead atoms. The number of hydrogen-bond acceptors (Lipinski definition) is 3. The van der Waals surface area contributed by atoms with Crippen LogP contribution < -0.4 is 5.56 Å². The molecule has 0 amide bonds. The Balaban J connectivity index is 2.33. The predicted molar refractivity (Wildman–Crippen MR) is 79.4 cm³/mol. The van der Waals surface area contributed by atoms with E-state index in [4.69, 9.17) is 17.5 Å².